The Labute approximate surface area is 114 Å². The van der Waals surface area contributed by atoms with Gasteiger partial charge < -0.3 is 15.6 Å². The maximum atomic E-state index is 9.23. The van der Waals surface area contributed by atoms with E-state index < -0.39 is 0 Å². The number of aliphatic hydroxyl groups excluding tert-OH is 1. The van der Waals surface area contributed by atoms with Gasteiger partial charge in [0.15, 0.2) is 0 Å². The van der Waals surface area contributed by atoms with Crippen LogP contribution in [0.25, 0.3) is 0 Å². The minimum Gasteiger partial charge on any atom is -0.495 e. The number of halogens is 1. The van der Waals surface area contributed by atoms with Crippen molar-refractivity contribution < 1.29 is 9.84 Å². The summed E-state index contributed by atoms with van der Waals surface area (Å²) in [5.74, 6) is 1.21. The fourth-order valence-electron chi connectivity index (χ4n) is 2.12. The van der Waals surface area contributed by atoms with Crippen LogP contribution in [0.5, 0.6) is 5.75 Å². The molecule has 2 atom stereocenters. The molecule has 3 nitrogen and oxygen atoms in total. The third kappa shape index (κ3) is 3.87. The van der Waals surface area contributed by atoms with Crippen molar-refractivity contribution >= 4 is 11.6 Å². The van der Waals surface area contributed by atoms with Gasteiger partial charge in [0.05, 0.1) is 12.1 Å². The van der Waals surface area contributed by atoms with E-state index in [1.54, 1.807) is 7.11 Å². The third-order valence-corrected chi connectivity index (χ3v) is 3.64. The molecule has 0 saturated carbocycles. The van der Waals surface area contributed by atoms with Crippen molar-refractivity contribution in [2.45, 2.75) is 25.7 Å². The summed E-state index contributed by atoms with van der Waals surface area (Å²) < 4.78 is 5.14. The zero-order valence-electron chi connectivity index (χ0n) is 11.0. The van der Waals surface area contributed by atoms with Crippen LogP contribution in [0.2, 0.25) is 5.02 Å². The van der Waals surface area contributed by atoms with Crippen molar-refractivity contribution in [1.82, 2.24) is 0 Å². The SMILES string of the molecule is CCC(CC(CN)CO)c1ccc(OC)c(Cl)c1. The Balaban J connectivity index is 2.84. The smallest absolute Gasteiger partial charge is 0.137 e. The molecular weight excluding hydrogens is 250 g/mol. The van der Waals surface area contributed by atoms with Crippen molar-refractivity contribution in [2.24, 2.45) is 11.7 Å². The summed E-state index contributed by atoms with van der Waals surface area (Å²) >= 11 is 6.14. The fraction of sp³-hybridized carbons (Fsp3) is 0.571. The molecule has 0 aromatic heterocycles. The summed E-state index contributed by atoms with van der Waals surface area (Å²) in [6.07, 6.45) is 1.88. The lowest BCUT2D eigenvalue weighted by atomic mass is 9.87. The Kier molecular flexibility index (Phi) is 6.47. The molecule has 1 rings (SSSR count). The van der Waals surface area contributed by atoms with Crippen LogP contribution in [-0.4, -0.2) is 25.4 Å². The van der Waals surface area contributed by atoms with Crippen LogP contribution in [0, 0.1) is 5.92 Å². The standard InChI is InChI=1S/C14H22ClNO2/c1-3-11(6-10(8-16)9-17)12-4-5-14(18-2)13(15)7-12/h4-5,7,10-11,17H,3,6,8-9,16H2,1-2H3. The van der Waals surface area contributed by atoms with Gasteiger partial charge in [-0.1, -0.05) is 24.6 Å². The van der Waals surface area contributed by atoms with Crippen molar-refractivity contribution in [3.63, 3.8) is 0 Å². The number of hydrogen-bond donors (Lipinski definition) is 2. The number of benzene rings is 1. The molecule has 18 heavy (non-hydrogen) atoms. The highest BCUT2D eigenvalue weighted by Gasteiger charge is 2.16. The molecule has 102 valence electrons. The van der Waals surface area contributed by atoms with Gasteiger partial charge in [0, 0.05) is 6.61 Å². The highest BCUT2D eigenvalue weighted by Crippen LogP contribution is 2.32. The molecule has 3 N–H and O–H groups in total. The topological polar surface area (TPSA) is 55.5 Å². The first-order valence-corrected chi connectivity index (χ1v) is 6.68. The number of hydrogen-bond acceptors (Lipinski definition) is 3. The van der Waals surface area contributed by atoms with E-state index >= 15 is 0 Å². The molecule has 0 aliphatic heterocycles. The average molecular weight is 272 g/mol. The van der Waals surface area contributed by atoms with E-state index in [2.05, 4.69) is 6.92 Å². The quantitative estimate of drug-likeness (QED) is 0.802. The van der Waals surface area contributed by atoms with E-state index in [4.69, 9.17) is 22.1 Å². The summed E-state index contributed by atoms with van der Waals surface area (Å²) in [7, 11) is 1.61. The van der Waals surface area contributed by atoms with Gasteiger partial charge in [0.2, 0.25) is 0 Å². The fourth-order valence-corrected chi connectivity index (χ4v) is 2.39. The maximum absolute atomic E-state index is 9.23. The number of methoxy groups -OCH3 is 1. The van der Waals surface area contributed by atoms with Crippen LogP contribution in [0.4, 0.5) is 0 Å². The molecule has 0 spiro atoms. The molecule has 0 amide bonds. The number of ether oxygens (including phenoxy) is 1. The minimum absolute atomic E-state index is 0.136. The predicted octanol–water partition coefficient (Wildman–Crippen LogP) is 2.80. The van der Waals surface area contributed by atoms with E-state index in [-0.39, 0.29) is 12.5 Å². The van der Waals surface area contributed by atoms with E-state index in [0.29, 0.717) is 23.2 Å². The predicted molar refractivity (Wildman–Crippen MR) is 75.3 cm³/mol. The Bertz CT molecular complexity index is 367. The molecule has 1 aromatic carbocycles. The summed E-state index contributed by atoms with van der Waals surface area (Å²) in [6.45, 7) is 2.78. The lowest BCUT2D eigenvalue weighted by Gasteiger charge is -2.21. The van der Waals surface area contributed by atoms with E-state index in [0.717, 1.165) is 12.8 Å². The van der Waals surface area contributed by atoms with E-state index in [9.17, 15) is 5.11 Å². The van der Waals surface area contributed by atoms with Gasteiger partial charge in [0.1, 0.15) is 5.75 Å². The molecule has 0 saturated heterocycles. The molecule has 0 radical (unpaired) electrons. The van der Waals surface area contributed by atoms with Gasteiger partial charge in [-0.25, -0.2) is 0 Å². The number of nitrogens with two attached hydrogens (primary N) is 1. The van der Waals surface area contributed by atoms with Crippen LogP contribution >= 0.6 is 11.6 Å². The van der Waals surface area contributed by atoms with E-state index in [1.165, 1.54) is 5.56 Å². The summed E-state index contributed by atoms with van der Waals surface area (Å²) in [5.41, 5.74) is 6.81. The molecule has 2 unspecified atom stereocenters. The maximum Gasteiger partial charge on any atom is 0.137 e. The van der Waals surface area contributed by atoms with Crippen LogP contribution in [0.3, 0.4) is 0 Å². The molecule has 0 aliphatic rings. The highest BCUT2D eigenvalue weighted by atomic mass is 35.5. The first kappa shape index (κ1) is 15.3. The minimum atomic E-state index is 0.136. The molecule has 0 fully saturated rings. The zero-order chi connectivity index (χ0) is 13.5. The van der Waals surface area contributed by atoms with Gasteiger partial charge in [0.25, 0.3) is 0 Å². The second-order valence-electron chi connectivity index (χ2n) is 4.52. The lowest BCUT2D eigenvalue weighted by Crippen LogP contribution is -2.20. The Morgan fingerprint density at radius 1 is 1.44 bits per heavy atom. The van der Waals surface area contributed by atoms with Crippen LogP contribution in [0.1, 0.15) is 31.2 Å². The molecule has 0 heterocycles. The lowest BCUT2D eigenvalue weighted by molar-refractivity contribution is 0.214. The van der Waals surface area contributed by atoms with Crippen molar-refractivity contribution in [2.75, 3.05) is 20.3 Å². The third-order valence-electron chi connectivity index (χ3n) is 3.35. The van der Waals surface area contributed by atoms with Gasteiger partial charge in [-0.3, -0.25) is 0 Å². The molecule has 1 aromatic rings. The van der Waals surface area contributed by atoms with Crippen molar-refractivity contribution in [1.29, 1.82) is 0 Å². The number of aliphatic hydroxyl groups is 1. The first-order valence-electron chi connectivity index (χ1n) is 6.30. The van der Waals surface area contributed by atoms with Gasteiger partial charge >= 0.3 is 0 Å². The molecule has 0 bridgehead atoms. The van der Waals surface area contributed by atoms with Gasteiger partial charge in [-0.2, -0.15) is 0 Å². The first-order chi connectivity index (χ1) is 8.65. The Morgan fingerprint density at radius 3 is 2.61 bits per heavy atom. The second-order valence-corrected chi connectivity index (χ2v) is 4.93. The largest absolute Gasteiger partial charge is 0.495 e. The second kappa shape index (κ2) is 7.62. The zero-order valence-corrected chi connectivity index (χ0v) is 11.8. The van der Waals surface area contributed by atoms with Gasteiger partial charge in [-0.05, 0) is 48.9 Å². The van der Waals surface area contributed by atoms with Crippen LogP contribution in [-0.2, 0) is 0 Å². The van der Waals surface area contributed by atoms with Crippen LogP contribution in [0.15, 0.2) is 18.2 Å². The monoisotopic (exact) mass is 271 g/mol. The Morgan fingerprint density at radius 2 is 2.17 bits per heavy atom. The van der Waals surface area contributed by atoms with Crippen molar-refractivity contribution in [3.8, 4) is 5.75 Å². The summed E-state index contributed by atoms with van der Waals surface area (Å²) in [4.78, 5) is 0. The highest BCUT2D eigenvalue weighted by molar-refractivity contribution is 6.32. The summed E-state index contributed by atoms with van der Waals surface area (Å²) in [6, 6.07) is 5.86. The van der Waals surface area contributed by atoms with E-state index in [1.807, 2.05) is 18.2 Å². The molecule has 4 heteroatoms. The number of rotatable bonds is 7. The Hall–Kier alpha value is -0.770. The normalized spacial score (nSPS) is 14.3. The van der Waals surface area contributed by atoms with Crippen LogP contribution < -0.4 is 10.5 Å². The average Bonchev–Trinajstić information content (AvgIpc) is 2.40. The van der Waals surface area contributed by atoms with Gasteiger partial charge in [-0.15, -0.1) is 0 Å². The molecule has 0 aliphatic carbocycles. The summed E-state index contributed by atoms with van der Waals surface area (Å²) in [5, 5.41) is 9.85. The molecular formula is C14H22ClNO2. The van der Waals surface area contributed by atoms with Crippen molar-refractivity contribution in [3.05, 3.63) is 28.8 Å².